The topological polar surface area (TPSA) is 120 Å². The minimum Gasteiger partial charge on any atom is -0.462 e. The van der Waals surface area contributed by atoms with Crippen LogP contribution in [0, 0.1) is 0 Å². The number of piperazine rings is 1. The summed E-state index contributed by atoms with van der Waals surface area (Å²) in [6.07, 6.45) is 5.00. The molecule has 4 heterocycles. The number of fused-ring (bicyclic) bond motifs is 1. The molecule has 2 aliphatic heterocycles. The molecule has 0 aromatic carbocycles. The second-order valence-corrected chi connectivity index (χ2v) is 7.17. The number of carbonyl (C=O) groups is 2. The van der Waals surface area contributed by atoms with Crippen molar-refractivity contribution in [1.82, 2.24) is 25.3 Å². The van der Waals surface area contributed by atoms with E-state index in [4.69, 9.17) is 14.6 Å². The summed E-state index contributed by atoms with van der Waals surface area (Å²) in [6, 6.07) is 3.69. The Kier molecular flexibility index (Phi) is 6.31. The van der Waals surface area contributed by atoms with E-state index < -0.39 is 11.8 Å². The van der Waals surface area contributed by atoms with Gasteiger partial charge in [-0.05, 0) is 25.1 Å². The summed E-state index contributed by atoms with van der Waals surface area (Å²) in [5.74, 6) is -1.14. The number of rotatable bonds is 7. The predicted molar refractivity (Wildman–Crippen MR) is 112 cm³/mol. The molecule has 4 rings (SSSR count). The van der Waals surface area contributed by atoms with Crippen molar-refractivity contribution in [3.63, 3.8) is 0 Å². The number of β-amino-alcohol motifs (C(OH)–C–C–N with tert-alkyl or cyclic N) is 1. The standard InChI is InChI=1S/C21H25N5O5/c1-2-30-21(29)17-18(28)16(12-14-13-23-19-15(14)4-3-5-22-19)31-20(17)24-26-8-6-25(7-9-26)10-11-27/h3-5,12-13,24,27H,2,6-11H2,1H3,(H,22,23). The van der Waals surface area contributed by atoms with Crippen molar-refractivity contribution in [1.29, 1.82) is 0 Å². The first-order chi connectivity index (χ1) is 15.1. The molecule has 0 atom stereocenters. The molecule has 0 unspecified atom stereocenters. The minimum absolute atomic E-state index is 0.0363. The number of hydrazine groups is 1. The predicted octanol–water partition coefficient (Wildman–Crippen LogP) is 0.392. The molecule has 1 saturated heterocycles. The SMILES string of the molecule is CCOC(=O)C1=C(NN2CCN(CCO)CC2)OC(=Cc2c[nH]c3ncccc23)C1=O. The van der Waals surface area contributed by atoms with Gasteiger partial charge >= 0.3 is 5.97 Å². The van der Waals surface area contributed by atoms with Crippen molar-refractivity contribution >= 4 is 28.9 Å². The van der Waals surface area contributed by atoms with Crippen LogP contribution in [0.2, 0.25) is 0 Å². The third-order valence-corrected chi connectivity index (χ3v) is 5.19. The van der Waals surface area contributed by atoms with Crippen molar-refractivity contribution in [2.24, 2.45) is 0 Å². The Morgan fingerprint density at radius 1 is 1.39 bits per heavy atom. The normalized spacial score (nSPS) is 19.3. The number of hydrogen-bond acceptors (Lipinski definition) is 9. The molecule has 0 aliphatic carbocycles. The highest BCUT2D eigenvalue weighted by Crippen LogP contribution is 2.28. The van der Waals surface area contributed by atoms with Gasteiger partial charge in [-0.2, -0.15) is 0 Å². The first-order valence-corrected chi connectivity index (χ1v) is 10.2. The summed E-state index contributed by atoms with van der Waals surface area (Å²) in [5.41, 5.74) is 4.34. The quantitative estimate of drug-likeness (QED) is 0.327. The number of H-pyrrole nitrogens is 1. The number of aliphatic hydroxyl groups excluding tert-OH is 1. The molecule has 2 aromatic rings. The summed E-state index contributed by atoms with van der Waals surface area (Å²) in [6.45, 7) is 5.34. The highest BCUT2D eigenvalue weighted by atomic mass is 16.5. The van der Waals surface area contributed by atoms with Crippen LogP contribution in [0.5, 0.6) is 0 Å². The monoisotopic (exact) mass is 427 g/mol. The van der Waals surface area contributed by atoms with Gasteiger partial charge in [0.2, 0.25) is 11.7 Å². The van der Waals surface area contributed by atoms with Gasteiger partial charge < -0.3 is 19.6 Å². The van der Waals surface area contributed by atoms with Crippen molar-refractivity contribution < 1.29 is 24.2 Å². The maximum Gasteiger partial charge on any atom is 0.347 e. The number of allylic oxidation sites excluding steroid dienone is 1. The number of ketones is 1. The van der Waals surface area contributed by atoms with E-state index in [-0.39, 0.29) is 30.4 Å². The summed E-state index contributed by atoms with van der Waals surface area (Å²) >= 11 is 0. The Hall–Kier alpha value is -3.21. The second-order valence-electron chi connectivity index (χ2n) is 7.17. The number of pyridine rings is 1. The third-order valence-electron chi connectivity index (χ3n) is 5.19. The Labute approximate surface area is 179 Å². The summed E-state index contributed by atoms with van der Waals surface area (Å²) in [7, 11) is 0. The molecule has 164 valence electrons. The average Bonchev–Trinajstić information content (AvgIpc) is 3.31. The fraction of sp³-hybridized carbons (Fsp3) is 0.381. The van der Waals surface area contributed by atoms with E-state index in [1.807, 2.05) is 11.1 Å². The summed E-state index contributed by atoms with van der Waals surface area (Å²) in [4.78, 5) is 34.9. The van der Waals surface area contributed by atoms with Crippen LogP contribution in [0.15, 0.2) is 41.7 Å². The Bertz CT molecular complexity index is 1040. The molecule has 0 radical (unpaired) electrons. The van der Waals surface area contributed by atoms with E-state index in [2.05, 4.69) is 20.3 Å². The molecular formula is C21H25N5O5. The van der Waals surface area contributed by atoms with Gasteiger partial charge in [0.05, 0.1) is 13.2 Å². The third kappa shape index (κ3) is 4.46. The van der Waals surface area contributed by atoms with Crippen LogP contribution >= 0.6 is 0 Å². The Morgan fingerprint density at radius 2 is 2.19 bits per heavy atom. The van der Waals surface area contributed by atoms with Gasteiger partial charge in [-0.15, -0.1) is 0 Å². The molecule has 0 spiro atoms. The largest absolute Gasteiger partial charge is 0.462 e. The van der Waals surface area contributed by atoms with E-state index in [9.17, 15) is 9.59 Å². The molecule has 1 fully saturated rings. The van der Waals surface area contributed by atoms with Gasteiger partial charge in [0, 0.05) is 56.1 Å². The molecular weight excluding hydrogens is 402 g/mol. The molecule has 0 amide bonds. The lowest BCUT2D eigenvalue weighted by Crippen LogP contribution is -2.52. The van der Waals surface area contributed by atoms with E-state index in [0.29, 0.717) is 25.3 Å². The van der Waals surface area contributed by atoms with E-state index in [1.54, 1.807) is 31.5 Å². The van der Waals surface area contributed by atoms with Gasteiger partial charge in [-0.3, -0.25) is 15.1 Å². The van der Waals surface area contributed by atoms with Crippen LogP contribution in [-0.4, -0.2) is 82.7 Å². The zero-order chi connectivity index (χ0) is 21.8. The average molecular weight is 427 g/mol. The second kappa shape index (κ2) is 9.29. The van der Waals surface area contributed by atoms with Gasteiger partial charge in [0.1, 0.15) is 5.65 Å². The zero-order valence-corrected chi connectivity index (χ0v) is 17.3. The van der Waals surface area contributed by atoms with Gasteiger partial charge in [0.25, 0.3) is 0 Å². The molecule has 2 aromatic heterocycles. The number of nitrogens with zero attached hydrogens (tertiary/aromatic N) is 3. The first kappa shape index (κ1) is 21.0. The molecule has 31 heavy (non-hydrogen) atoms. The van der Waals surface area contributed by atoms with E-state index in [1.165, 1.54) is 0 Å². The molecule has 3 N–H and O–H groups in total. The van der Waals surface area contributed by atoms with Gasteiger partial charge in [0.15, 0.2) is 11.3 Å². The number of hydrogen-bond donors (Lipinski definition) is 3. The number of carbonyl (C=O) groups excluding carboxylic acids is 2. The molecule has 10 nitrogen and oxygen atoms in total. The summed E-state index contributed by atoms with van der Waals surface area (Å²) in [5, 5.41) is 11.8. The van der Waals surface area contributed by atoms with E-state index in [0.717, 1.165) is 24.0 Å². The van der Waals surface area contributed by atoms with Crippen LogP contribution in [0.3, 0.4) is 0 Å². The molecule has 2 aliphatic rings. The smallest absolute Gasteiger partial charge is 0.347 e. The number of aromatic amines is 1. The van der Waals surface area contributed by atoms with Crippen LogP contribution in [0.1, 0.15) is 12.5 Å². The highest BCUT2D eigenvalue weighted by Gasteiger charge is 2.38. The van der Waals surface area contributed by atoms with E-state index >= 15 is 0 Å². The van der Waals surface area contributed by atoms with Crippen molar-refractivity contribution in [2.45, 2.75) is 6.92 Å². The number of esters is 1. The van der Waals surface area contributed by atoms with Crippen molar-refractivity contribution in [3.05, 3.63) is 47.3 Å². The zero-order valence-electron chi connectivity index (χ0n) is 17.3. The van der Waals surface area contributed by atoms with Gasteiger partial charge in [-0.25, -0.2) is 14.8 Å². The first-order valence-electron chi connectivity index (χ1n) is 10.2. The number of aliphatic hydroxyl groups is 1. The Morgan fingerprint density at radius 3 is 2.94 bits per heavy atom. The number of ether oxygens (including phenoxy) is 2. The maximum atomic E-state index is 13.0. The Balaban J connectivity index is 1.56. The fourth-order valence-electron chi connectivity index (χ4n) is 3.60. The maximum absolute atomic E-state index is 13.0. The minimum atomic E-state index is -0.724. The van der Waals surface area contributed by atoms with Crippen molar-refractivity contribution in [3.8, 4) is 0 Å². The lowest BCUT2D eigenvalue weighted by Gasteiger charge is -2.34. The van der Waals surface area contributed by atoms with Gasteiger partial charge in [-0.1, -0.05) is 0 Å². The summed E-state index contributed by atoms with van der Waals surface area (Å²) < 4.78 is 10.9. The molecule has 0 saturated carbocycles. The highest BCUT2D eigenvalue weighted by molar-refractivity contribution is 6.26. The number of Topliss-reactive ketones (excluding diaryl/α,β-unsaturated/α-hetero) is 1. The van der Waals surface area contributed by atoms with Crippen LogP contribution in [0.25, 0.3) is 17.1 Å². The molecule has 0 bridgehead atoms. The molecule has 10 heteroatoms. The van der Waals surface area contributed by atoms with Crippen LogP contribution < -0.4 is 5.43 Å². The lowest BCUT2D eigenvalue weighted by molar-refractivity contribution is -0.139. The number of nitrogens with one attached hydrogen (secondary N) is 2. The van der Waals surface area contributed by atoms with Crippen molar-refractivity contribution in [2.75, 3.05) is 45.9 Å². The van der Waals surface area contributed by atoms with Crippen LogP contribution in [0.4, 0.5) is 0 Å². The number of aromatic nitrogens is 2. The van der Waals surface area contributed by atoms with Crippen LogP contribution in [-0.2, 0) is 19.1 Å². The fourth-order valence-corrected chi connectivity index (χ4v) is 3.60. The lowest BCUT2D eigenvalue weighted by atomic mass is 10.1.